The Hall–Kier alpha value is -0.360. The van der Waals surface area contributed by atoms with E-state index in [9.17, 15) is 4.79 Å². The van der Waals surface area contributed by atoms with Crippen molar-refractivity contribution in [1.29, 1.82) is 0 Å². The van der Waals surface area contributed by atoms with Crippen molar-refractivity contribution in [2.75, 3.05) is 46.4 Å². The summed E-state index contributed by atoms with van der Waals surface area (Å²) in [5, 5.41) is 0. The van der Waals surface area contributed by atoms with Gasteiger partial charge in [0, 0.05) is 33.3 Å². The van der Waals surface area contributed by atoms with Crippen LogP contribution in [0.2, 0.25) is 0 Å². The number of hydrogen-bond donors (Lipinski definition) is 1. The first-order valence-corrected chi connectivity index (χ1v) is 6.45. The molecule has 2 rings (SSSR count). The van der Waals surface area contributed by atoms with Crippen LogP contribution in [0.4, 0.5) is 0 Å². The number of nitrogens with zero attached hydrogens (tertiary/aromatic N) is 2. The van der Waals surface area contributed by atoms with E-state index in [1.165, 1.54) is 0 Å². The lowest BCUT2D eigenvalue weighted by Gasteiger charge is -2.24. The summed E-state index contributed by atoms with van der Waals surface area (Å²) in [6.07, 6.45) is 2.75. The van der Waals surface area contributed by atoms with Gasteiger partial charge in [-0.25, -0.2) is 0 Å². The maximum atomic E-state index is 12.1. The minimum Gasteiger partial charge on any atom is -0.383 e. The van der Waals surface area contributed by atoms with Gasteiger partial charge in [0.2, 0.25) is 5.91 Å². The molecule has 0 spiro atoms. The van der Waals surface area contributed by atoms with Crippen molar-refractivity contribution >= 4 is 18.3 Å². The number of amides is 1. The average Bonchev–Trinajstić information content (AvgIpc) is 3.10. The number of nitrogens with two attached hydrogens (primary N) is 1. The number of methoxy groups -OCH3 is 1. The molecular formula is C12H24ClN3O2. The van der Waals surface area contributed by atoms with Gasteiger partial charge in [0.15, 0.2) is 0 Å². The summed E-state index contributed by atoms with van der Waals surface area (Å²) in [6.45, 7) is 5.35. The number of rotatable bonds is 4. The van der Waals surface area contributed by atoms with Gasteiger partial charge < -0.3 is 15.4 Å². The Bertz CT molecular complexity index is 284. The molecule has 1 saturated carbocycles. The highest BCUT2D eigenvalue weighted by molar-refractivity contribution is 5.89. The highest BCUT2D eigenvalue weighted by Crippen LogP contribution is 2.34. The zero-order valence-electron chi connectivity index (χ0n) is 11.1. The molecule has 18 heavy (non-hydrogen) atoms. The first-order chi connectivity index (χ1) is 8.15. The maximum absolute atomic E-state index is 12.1. The Morgan fingerprint density at radius 1 is 1.28 bits per heavy atom. The van der Waals surface area contributed by atoms with Crippen LogP contribution in [0.25, 0.3) is 0 Å². The average molecular weight is 278 g/mol. The molecule has 0 aromatic heterocycles. The van der Waals surface area contributed by atoms with E-state index in [4.69, 9.17) is 10.5 Å². The monoisotopic (exact) mass is 277 g/mol. The molecule has 0 radical (unpaired) electrons. The van der Waals surface area contributed by atoms with Crippen molar-refractivity contribution in [2.24, 2.45) is 5.73 Å². The summed E-state index contributed by atoms with van der Waals surface area (Å²) in [7, 11) is 1.72. The molecule has 2 N–H and O–H groups in total. The minimum absolute atomic E-state index is 0. The molecule has 106 valence electrons. The van der Waals surface area contributed by atoms with Gasteiger partial charge in [0.1, 0.15) is 0 Å². The lowest BCUT2D eigenvalue weighted by atomic mass is 10.2. The number of halogens is 1. The molecule has 2 fully saturated rings. The van der Waals surface area contributed by atoms with E-state index in [1.807, 2.05) is 4.90 Å². The molecule has 1 amide bonds. The molecule has 0 aromatic rings. The molecule has 2 aliphatic rings. The second kappa shape index (κ2) is 6.70. The summed E-state index contributed by atoms with van der Waals surface area (Å²) in [5.74, 6) is 0.158. The summed E-state index contributed by atoms with van der Waals surface area (Å²) >= 11 is 0. The molecule has 0 bridgehead atoms. The Morgan fingerprint density at radius 3 is 2.61 bits per heavy atom. The zero-order valence-corrected chi connectivity index (χ0v) is 11.9. The van der Waals surface area contributed by atoms with Gasteiger partial charge in [0.05, 0.1) is 12.1 Å². The third-order valence-electron chi connectivity index (χ3n) is 3.70. The highest BCUT2D eigenvalue weighted by Gasteiger charge is 2.48. The van der Waals surface area contributed by atoms with Crippen LogP contribution in [0.1, 0.15) is 19.3 Å². The van der Waals surface area contributed by atoms with Crippen molar-refractivity contribution in [2.45, 2.75) is 24.8 Å². The third-order valence-corrected chi connectivity index (χ3v) is 3.70. The van der Waals surface area contributed by atoms with Crippen LogP contribution < -0.4 is 5.73 Å². The molecular weight excluding hydrogens is 254 g/mol. The lowest BCUT2D eigenvalue weighted by molar-refractivity contribution is -0.133. The maximum Gasteiger partial charge on any atom is 0.242 e. The van der Waals surface area contributed by atoms with Gasteiger partial charge in [-0.15, -0.1) is 12.4 Å². The third kappa shape index (κ3) is 3.82. The Kier molecular flexibility index (Phi) is 5.85. The first-order valence-electron chi connectivity index (χ1n) is 6.45. The minimum atomic E-state index is -0.512. The van der Waals surface area contributed by atoms with Gasteiger partial charge in [0.25, 0.3) is 0 Å². The van der Waals surface area contributed by atoms with Crippen molar-refractivity contribution in [3.8, 4) is 0 Å². The van der Waals surface area contributed by atoms with Gasteiger partial charge >= 0.3 is 0 Å². The molecule has 1 heterocycles. The fraction of sp³-hybridized carbons (Fsp3) is 0.917. The molecule has 1 saturated heterocycles. The molecule has 0 atom stereocenters. The SMILES string of the molecule is COCCN1CCCN(C(=O)C2(N)CC2)CC1.Cl. The molecule has 6 heteroatoms. The highest BCUT2D eigenvalue weighted by atomic mass is 35.5. The molecule has 0 aromatic carbocycles. The van der Waals surface area contributed by atoms with Gasteiger partial charge in [-0.2, -0.15) is 0 Å². The normalized spacial score (nSPS) is 23.1. The van der Waals surface area contributed by atoms with Crippen molar-refractivity contribution in [3.63, 3.8) is 0 Å². The van der Waals surface area contributed by atoms with E-state index in [2.05, 4.69) is 4.90 Å². The Balaban J connectivity index is 0.00000162. The molecule has 1 aliphatic carbocycles. The van der Waals surface area contributed by atoms with Crippen molar-refractivity contribution in [1.82, 2.24) is 9.80 Å². The zero-order chi connectivity index (χ0) is 12.3. The molecule has 5 nitrogen and oxygen atoms in total. The van der Waals surface area contributed by atoms with Crippen LogP contribution in [0, 0.1) is 0 Å². The number of carbonyl (C=O) groups excluding carboxylic acids is 1. The Labute approximate surface area is 115 Å². The van der Waals surface area contributed by atoms with Gasteiger partial charge in [-0.05, 0) is 25.8 Å². The smallest absolute Gasteiger partial charge is 0.242 e. The summed E-state index contributed by atoms with van der Waals surface area (Å²) in [5.41, 5.74) is 5.45. The van der Waals surface area contributed by atoms with Crippen LogP contribution in [-0.4, -0.2) is 67.7 Å². The predicted molar refractivity (Wildman–Crippen MR) is 72.9 cm³/mol. The van der Waals surface area contributed by atoms with Gasteiger partial charge in [-0.3, -0.25) is 9.69 Å². The summed E-state index contributed by atoms with van der Waals surface area (Å²) in [4.78, 5) is 16.4. The van der Waals surface area contributed by atoms with E-state index in [1.54, 1.807) is 7.11 Å². The van der Waals surface area contributed by atoms with Crippen LogP contribution in [0.15, 0.2) is 0 Å². The second-order valence-electron chi connectivity index (χ2n) is 5.14. The standard InChI is InChI=1S/C12H23N3O2.ClH/c1-17-10-9-14-5-2-6-15(8-7-14)11(16)12(13)3-4-12;/h2-10,13H2,1H3;1H. The molecule has 0 unspecified atom stereocenters. The fourth-order valence-electron chi connectivity index (χ4n) is 2.28. The van der Waals surface area contributed by atoms with Crippen LogP contribution in [-0.2, 0) is 9.53 Å². The lowest BCUT2D eigenvalue weighted by Crippen LogP contribution is -2.47. The van der Waals surface area contributed by atoms with E-state index >= 15 is 0 Å². The van der Waals surface area contributed by atoms with E-state index < -0.39 is 5.54 Å². The van der Waals surface area contributed by atoms with Crippen molar-refractivity contribution < 1.29 is 9.53 Å². The second-order valence-corrected chi connectivity index (χ2v) is 5.14. The number of ether oxygens (including phenoxy) is 1. The largest absolute Gasteiger partial charge is 0.383 e. The van der Waals surface area contributed by atoms with Crippen LogP contribution in [0.5, 0.6) is 0 Å². The first kappa shape index (κ1) is 15.7. The topological polar surface area (TPSA) is 58.8 Å². The van der Waals surface area contributed by atoms with E-state index in [-0.39, 0.29) is 18.3 Å². The van der Waals surface area contributed by atoms with E-state index in [0.29, 0.717) is 0 Å². The van der Waals surface area contributed by atoms with Crippen LogP contribution >= 0.6 is 12.4 Å². The number of carbonyl (C=O) groups is 1. The van der Waals surface area contributed by atoms with Gasteiger partial charge in [-0.1, -0.05) is 0 Å². The quantitative estimate of drug-likeness (QED) is 0.791. The fourth-order valence-corrected chi connectivity index (χ4v) is 2.28. The van der Waals surface area contributed by atoms with E-state index in [0.717, 1.165) is 58.6 Å². The van der Waals surface area contributed by atoms with Crippen molar-refractivity contribution in [3.05, 3.63) is 0 Å². The summed E-state index contributed by atoms with van der Waals surface area (Å²) in [6, 6.07) is 0. The summed E-state index contributed by atoms with van der Waals surface area (Å²) < 4.78 is 5.08. The molecule has 1 aliphatic heterocycles. The van der Waals surface area contributed by atoms with Crippen LogP contribution in [0.3, 0.4) is 0 Å². The number of hydrogen-bond acceptors (Lipinski definition) is 4. The predicted octanol–water partition coefficient (Wildman–Crippen LogP) is 0.0802. The Morgan fingerprint density at radius 2 is 2.00 bits per heavy atom.